The van der Waals surface area contributed by atoms with E-state index >= 15 is 0 Å². The van der Waals surface area contributed by atoms with Crippen LogP contribution in [-0.4, -0.2) is 10.9 Å². The molecule has 128 valence electrons. The average molecular weight is 351 g/mol. The minimum absolute atomic E-state index is 0.162. The van der Waals surface area contributed by atoms with E-state index in [2.05, 4.69) is 22.4 Å². The van der Waals surface area contributed by atoms with Crippen LogP contribution < -0.4 is 5.32 Å². The second kappa shape index (κ2) is 8.17. The van der Waals surface area contributed by atoms with E-state index in [1.807, 2.05) is 36.5 Å². The fourth-order valence-electron chi connectivity index (χ4n) is 3.08. The van der Waals surface area contributed by atoms with E-state index in [1.165, 1.54) is 5.56 Å². The van der Waals surface area contributed by atoms with Gasteiger partial charge in [0.15, 0.2) is 0 Å². The molecule has 1 aromatic carbocycles. The molecule has 0 saturated heterocycles. The third kappa shape index (κ3) is 4.40. The van der Waals surface area contributed by atoms with E-state index in [9.17, 15) is 10.1 Å². The van der Waals surface area contributed by atoms with Crippen molar-refractivity contribution in [2.24, 2.45) is 5.41 Å². The van der Waals surface area contributed by atoms with Crippen molar-refractivity contribution in [1.82, 2.24) is 4.98 Å². The fourth-order valence-corrected chi connectivity index (χ4v) is 3.91. The molecule has 3 rings (SSSR count). The lowest BCUT2D eigenvalue weighted by molar-refractivity contribution is -0.124. The molecule has 1 aromatic heterocycles. The summed E-state index contributed by atoms with van der Waals surface area (Å²) in [5, 5.41) is 12.4. The summed E-state index contributed by atoms with van der Waals surface area (Å²) in [7, 11) is 0. The van der Waals surface area contributed by atoms with Crippen LogP contribution in [-0.2, 0) is 10.5 Å². The fraction of sp³-hybridized carbons (Fsp3) is 0.350. The lowest BCUT2D eigenvalue weighted by Gasteiger charge is -2.29. The number of nitrogens with zero attached hydrogens (tertiary/aromatic N) is 2. The number of hydrogen-bond acceptors (Lipinski definition) is 4. The zero-order valence-corrected chi connectivity index (χ0v) is 14.9. The minimum atomic E-state index is -0.855. The number of rotatable bonds is 5. The summed E-state index contributed by atoms with van der Waals surface area (Å²) in [5.41, 5.74) is 1.07. The topological polar surface area (TPSA) is 65.8 Å². The van der Waals surface area contributed by atoms with Gasteiger partial charge in [-0.05, 0) is 48.7 Å². The first-order valence-corrected chi connectivity index (χ1v) is 9.55. The first kappa shape index (κ1) is 17.5. The first-order valence-electron chi connectivity index (χ1n) is 8.56. The maximum Gasteiger partial charge on any atom is 0.244 e. The predicted molar refractivity (Wildman–Crippen MR) is 100 cm³/mol. The quantitative estimate of drug-likeness (QED) is 0.787. The Bertz CT molecular complexity index is 747. The lowest BCUT2D eigenvalue weighted by atomic mass is 9.74. The molecule has 0 aliphatic heterocycles. The molecular formula is C20H21N3OS. The smallest absolute Gasteiger partial charge is 0.244 e. The Morgan fingerprint density at radius 3 is 2.60 bits per heavy atom. The summed E-state index contributed by atoms with van der Waals surface area (Å²) in [6, 6.07) is 14.0. The molecule has 0 atom stereocenters. The van der Waals surface area contributed by atoms with E-state index in [1.54, 1.807) is 18.0 Å². The molecule has 0 unspecified atom stereocenters. The number of nitriles is 1. The normalized spacial score (nSPS) is 16.0. The van der Waals surface area contributed by atoms with Crippen molar-refractivity contribution >= 4 is 23.4 Å². The van der Waals surface area contributed by atoms with Gasteiger partial charge in [-0.3, -0.25) is 9.78 Å². The maximum atomic E-state index is 12.6. The third-order valence-corrected chi connectivity index (χ3v) is 5.68. The summed E-state index contributed by atoms with van der Waals surface area (Å²) >= 11 is 1.73. The van der Waals surface area contributed by atoms with Gasteiger partial charge in [-0.1, -0.05) is 25.3 Å². The molecule has 2 aromatic rings. The van der Waals surface area contributed by atoms with Crippen LogP contribution in [0, 0.1) is 16.7 Å². The van der Waals surface area contributed by atoms with Crippen molar-refractivity contribution in [3.63, 3.8) is 0 Å². The van der Waals surface area contributed by atoms with Crippen molar-refractivity contribution in [3.05, 3.63) is 54.4 Å². The highest BCUT2D eigenvalue weighted by Crippen LogP contribution is 2.37. The molecule has 0 bridgehead atoms. The Hall–Kier alpha value is -2.32. The highest BCUT2D eigenvalue weighted by molar-refractivity contribution is 7.98. The lowest BCUT2D eigenvalue weighted by Crippen LogP contribution is -2.36. The number of aromatic nitrogens is 1. The van der Waals surface area contributed by atoms with Crippen LogP contribution in [0.25, 0.3) is 0 Å². The van der Waals surface area contributed by atoms with E-state index in [0.717, 1.165) is 35.6 Å². The van der Waals surface area contributed by atoms with Crippen molar-refractivity contribution in [2.75, 3.05) is 5.32 Å². The number of amides is 1. The van der Waals surface area contributed by atoms with Crippen LogP contribution in [0.5, 0.6) is 0 Å². The SMILES string of the molecule is N#CC1(C(=O)Nc2ccc(SCc3cccnc3)cc2)CCCCC1. The van der Waals surface area contributed by atoms with Gasteiger partial charge in [0.1, 0.15) is 5.41 Å². The molecular weight excluding hydrogens is 330 g/mol. The Kier molecular flexibility index (Phi) is 5.72. The van der Waals surface area contributed by atoms with Crippen LogP contribution in [0.15, 0.2) is 53.7 Å². The molecule has 1 aliphatic rings. The number of carbonyl (C=O) groups is 1. The van der Waals surface area contributed by atoms with Gasteiger partial charge in [-0.2, -0.15) is 5.26 Å². The second-order valence-corrected chi connectivity index (χ2v) is 7.43. The number of thioether (sulfide) groups is 1. The number of hydrogen-bond donors (Lipinski definition) is 1. The van der Waals surface area contributed by atoms with Crippen LogP contribution >= 0.6 is 11.8 Å². The number of carbonyl (C=O) groups excluding carboxylic acids is 1. The van der Waals surface area contributed by atoms with Gasteiger partial charge in [-0.15, -0.1) is 11.8 Å². The highest BCUT2D eigenvalue weighted by Gasteiger charge is 2.39. The van der Waals surface area contributed by atoms with Crippen molar-refractivity contribution in [2.45, 2.75) is 42.8 Å². The summed E-state index contributed by atoms with van der Waals surface area (Å²) in [4.78, 5) is 17.8. The van der Waals surface area contributed by atoms with Crippen LogP contribution in [0.2, 0.25) is 0 Å². The van der Waals surface area contributed by atoms with Crippen molar-refractivity contribution in [1.29, 1.82) is 5.26 Å². The van der Waals surface area contributed by atoms with E-state index < -0.39 is 5.41 Å². The molecule has 1 N–H and O–H groups in total. The zero-order valence-electron chi connectivity index (χ0n) is 14.1. The Morgan fingerprint density at radius 2 is 1.96 bits per heavy atom. The predicted octanol–water partition coefficient (Wildman–Crippen LogP) is 4.79. The number of pyridine rings is 1. The van der Waals surface area contributed by atoms with Crippen molar-refractivity contribution in [3.8, 4) is 6.07 Å². The number of anilines is 1. The van der Waals surface area contributed by atoms with E-state index in [0.29, 0.717) is 12.8 Å². The van der Waals surface area contributed by atoms with Crippen LogP contribution in [0.4, 0.5) is 5.69 Å². The highest BCUT2D eigenvalue weighted by atomic mass is 32.2. The average Bonchev–Trinajstić information content (AvgIpc) is 2.68. The third-order valence-electron chi connectivity index (χ3n) is 4.60. The van der Waals surface area contributed by atoms with Gasteiger partial charge in [0, 0.05) is 28.7 Å². The molecule has 1 aliphatic carbocycles. The van der Waals surface area contributed by atoms with Gasteiger partial charge in [0.2, 0.25) is 5.91 Å². The zero-order chi connectivity index (χ0) is 17.5. The maximum absolute atomic E-state index is 12.6. The number of nitrogens with one attached hydrogen (secondary N) is 1. The molecule has 1 saturated carbocycles. The molecule has 5 heteroatoms. The van der Waals surface area contributed by atoms with Gasteiger partial charge in [0.25, 0.3) is 0 Å². The van der Waals surface area contributed by atoms with Crippen molar-refractivity contribution < 1.29 is 4.79 Å². The Labute approximate surface area is 152 Å². The first-order chi connectivity index (χ1) is 12.2. The molecule has 25 heavy (non-hydrogen) atoms. The Balaban J connectivity index is 1.59. The largest absolute Gasteiger partial charge is 0.325 e. The monoisotopic (exact) mass is 351 g/mol. The molecule has 1 heterocycles. The summed E-state index contributed by atoms with van der Waals surface area (Å²) in [5.74, 6) is 0.697. The molecule has 1 amide bonds. The van der Waals surface area contributed by atoms with Gasteiger partial charge in [-0.25, -0.2) is 0 Å². The molecule has 0 spiro atoms. The summed E-state index contributed by atoms with van der Waals surface area (Å²) in [6.07, 6.45) is 7.97. The second-order valence-electron chi connectivity index (χ2n) is 6.38. The molecule has 4 nitrogen and oxygen atoms in total. The van der Waals surface area contributed by atoms with E-state index in [4.69, 9.17) is 0 Å². The molecule has 0 radical (unpaired) electrons. The van der Waals surface area contributed by atoms with Crippen LogP contribution in [0.1, 0.15) is 37.7 Å². The van der Waals surface area contributed by atoms with Gasteiger partial charge in [0.05, 0.1) is 6.07 Å². The van der Waals surface area contributed by atoms with Gasteiger partial charge < -0.3 is 5.32 Å². The van der Waals surface area contributed by atoms with Crippen LogP contribution in [0.3, 0.4) is 0 Å². The summed E-state index contributed by atoms with van der Waals surface area (Å²) in [6.45, 7) is 0. The van der Waals surface area contributed by atoms with E-state index in [-0.39, 0.29) is 5.91 Å². The molecule has 1 fully saturated rings. The summed E-state index contributed by atoms with van der Waals surface area (Å²) < 4.78 is 0. The number of benzene rings is 1. The Morgan fingerprint density at radius 1 is 1.20 bits per heavy atom. The minimum Gasteiger partial charge on any atom is -0.325 e. The standard InChI is InChI=1S/C20H21N3OS/c21-15-20(10-2-1-3-11-20)19(24)23-17-6-8-18(9-7-17)25-14-16-5-4-12-22-13-16/h4-9,12-13H,1-3,10-11,14H2,(H,23,24). The van der Waals surface area contributed by atoms with Gasteiger partial charge >= 0.3 is 0 Å².